The molecule has 0 heterocycles. The number of fused-ring (bicyclic) bond motifs is 1. The van der Waals surface area contributed by atoms with E-state index in [9.17, 15) is 0 Å². The Morgan fingerprint density at radius 3 is 2.70 bits per heavy atom. The molecule has 3 N–H and O–H groups in total. The van der Waals surface area contributed by atoms with Crippen molar-refractivity contribution >= 4 is 5.69 Å². The molecule has 1 aromatic rings. The number of rotatable bonds is 4. The molecule has 1 aromatic carbocycles. The van der Waals surface area contributed by atoms with Crippen LogP contribution in [0.4, 0.5) is 5.69 Å². The number of nitrogens with two attached hydrogens (primary N) is 1. The fraction of sp³-hybridized carbons (Fsp3) is 0.667. The molecule has 2 nitrogen and oxygen atoms in total. The average molecular weight is 272 g/mol. The first-order valence-corrected chi connectivity index (χ1v) is 8.40. The third kappa shape index (κ3) is 3.01. The van der Waals surface area contributed by atoms with Crippen LogP contribution in [-0.4, -0.2) is 6.04 Å². The maximum atomic E-state index is 5.88. The van der Waals surface area contributed by atoms with Crippen molar-refractivity contribution < 1.29 is 0 Å². The summed E-state index contributed by atoms with van der Waals surface area (Å²) in [5.74, 6) is 0.994. The Hall–Kier alpha value is -1.02. The maximum absolute atomic E-state index is 5.88. The summed E-state index contributed by atoms with van der Waals surface area (Å²) in [5, 5.41) is 3.92. The van der Waals surface area contributed by atoms with Crippen LogP contribution in [0.1, 0.15) is 69.0 Å². The Morgan fingerprint density at radius 2 is 1.95 bits per heavy atom. The number of hydrogen-bond acceptors (Lipinski definition) is 2. The average Bonchev–Trinajstić information content (AvgIpc) is 2.83. The van der Waals surface area contributed by atoms with Gasteiger partial charge in [-0.05, 0) is 67.7 Å². The third-order valence-corrected chi connectivity index (χ3v) is 5.23. The Morgan fingerprint density at radius 1 is 1.15 bits per heavy atom. The van der Waals surface area contributed by atoms with Crippen molar-refractivity contribution in [2.45, 2.75) is 70.4 Å². The topological polar surface area (TPSA) is 38.0 Å². The Kier molecular flexibility index (Phi) is 4.30. The number of hydrogen-bond donors (Lipinski definition) is 2. The van der Waals surface area contributed by atoms with Crippen LogP contribution in [0.25, 0.3) is 0 Å². The van der Waals surface area contributed by atoms with Crippen LogP contribution in [-0.2, 0) is 6.42 Å². The second-order valence-corrected chi connectivity index (χ2v) is 6.72. The molecule has 1 unspecified atom stereocenters. The SMILES string of the molecule is CCCC1CCC(NC2CCc3cc(N)ccc32)CC1. The summed E-state index contributed by atoms with van der Waals surface area (Å²) in [6.45, 7) is 2.31. The van der Waals surface area contributed by atoms with E-state index in [-0.39, 0.29) is 0 Å². The van der Waals surface area contributed by atoms with Gasteiger partial charge in [-0.2, -0.15) is 0 Å². The molecular formula is C18H28N2. The number of anilines is 1. The molecule has 1 saturated carbocycles. The van der Waals surface area contributed by atoms with Crippen molar-refractivity contribution in [2.75, 3.05) is 5.73 Å². The lowest BCUT2D eigenvalue weighted by Gasteiger charge is -2.31. The highest BCUT2D eigenvalue weighted by atomic mass is 15.0. The van der Waals surface area contributed by atoms with Crippen LogP contribution in [0.2, 0.25) is 0 Å². The van der Waals surface area contributed by atoms with E-state index >= 15 is 0 Å². The second-order valence-electron chi connectivity index (χ2n) is 6.72. The number of benzene rings is 1. The van der Waals surface area contributed by atoms with Crippen molar-refractivity contribution in [3.8, 4) is 0 Å². The molecule has 2 aliphatic carbocycles. The van der Waals surface area contributed by atoms with Crippen LogP contribution >= 0.6 is 0 Å². The van der Waals surface area contributed by atoms with Gasteiger partial charge in [-0.25, -0.2) is 0 Å². The number of nitrogen functional groups attached to an aromatic ring is 1. The Balaban J connectivity index is 1.56. The van der Waals surface area contributed by atoms with Gasteiger partial charge in [0.1, 0.15) is 0 Å². The summed E-state index contributed by atoms with van der Waals surface area (Å²) in [6.07, 6.45) is 10.8. The molecule has 1 atom stereocenters. The van der Waals surface area contributed by atoms with Crippen LogP contribution in [0.15, 0.2) is 18.2 Å². The van der Waals surface area contributed by atoms with Gasteiger partial charge >= 0.3 is 0 Å². The van der Waals surface area contributed by atoms with E-state index in [0.29, 0.717) is 6.04 Å². The molecule has 2 heteroatoms. The number of nitrogens with one attached hydrogen (secondary N) is 1. The summed E-state index contributed by atoms with van der Waals surface area (Å²) >= 11 is 0. The van der Waals surface area contributed by atoms with Crippen molar-refractivity contribution in [3.05, 3.63) is 29.3 Å². The van der Waals surface area contributed by atoms with Gasteiger partial charge in [0.15, 0.2) is 0 Å². The standard InChI is InChI=1S/C18H28N2/c1-2-3-13-4-8-16(9-5-13)20-18-11-6-14-12-15(19)7-10-17(14)18/h7,10,12-13,16,18,20H,2-6,8-9,11,19H2,1H3. The molecule has 20 heavy (non-hydrogen) atoms. The minimum Gasteiger partial charge on any atom is -0.399 e. The molecule has 2 aliphatic rings. The molecule has 0 aliphatic heterocycles. The zero-order chi connectivity index (χ0) is 13.9. The van der Waals surface area contributed by atoms with Crippen molar-refractivity contribution in [2.24, 2.45) is 5.92 Å². The van der Waals surface area contributed by atoms with Gasteiger partial charge in [0.25, 0.3) is 0 Å². The van der Waals surface area contributed by atoms with Crippen LogP contribution in [0.5, 0.6) is 0 Å². The predicted molar refractivity (Wildman–Crippen MR) is 85.7 cm³/mol. The van der Waals surface area contributed by atoms with Crippen molar-refractivity contribution in [3.63, 3.8) is 0 Å². The van der Waals surface area contributed by atoms with E-state index in [0.717, 1.165) is 17.6 Å². The van der Waals surface area contributed by atoms with E-state index in [2.05, 4.69) is 30.4 Å². The monoisotopic (exact) mass is 272 g/mol. The molecular weight excluding hydrogens is 244 g/mol. The van der Waals surface area contributed by atoms with Gasteiger partial charge in [0.2, 0.25) is 0 Å². The van der Waals surface area contributed by atoms with Gasteiger partial charge in [-0.1, -0.05) is 25.8 Å². The molecule has 0 saturated heterocycles. The van der Waals surface area contributed by atoms with Crippen LogP contribution in [0, 0.1) is 5.92 Å². The molecule has 1 fully saturated rings. The van der Waals surface area contributed by atoms with E-state index < -0.39 is 0 Å². The quantitative estimate of drug-likeness (QED) is 0.806. The van der Waals surface area contributed by atoms with Gasteiger partial charge in [0, 0.05) is 17.8 Å². The van der Waals surface area contributed by atoms with E-state index in [1.54, 1.807) is 0 Å². The second kappa shape index (κ2) is 6.17. The van der Waals surface area contributed by atoms with Gasteiger partial charge in [0.05, 0.1) is 0 Å². The summed E-state index contributed by atoms with van der Waals surface area (Å²) in [5.41, 5.74) is 9.75. The largest absolute Gasteiger partial charge is 0.399 e. The van der Waals surface area contributed by atoms with Gasteiger partial charge in [-0.3, -0.25) is 0 Å². The molecule has 110 valence electrons. The summed E-state index contributed by atoms with van der Waals surface area (Å²) < 4.78 is 0. The molecule has 0 amide bonds. The summed E-state index contributed by atoms with van der Waals surface area (Å²) in [4.78, 5) is 0. The highest BCUT2D eigenvalue weighted by Crippen LogP contribution is 2.35. The highest BCUT2D eigenvalue weighted by Gasteiger charge is 2.27. The summed E-state index contributed by atoms with van der Waals surface area (Å²) in [7, 11) is 0. The van der Waals surface area contributed by atoms with E-state index in [4.69, 9.17) is 5.73 Å². The molecule has 0 bridgehead atoms. The fourth-order valence-corrected chi connectivity index (χ4v) is 4.12. The lowest BCUT2D eigenvalue weighted by molar-refractivity contribution is 0.262. The number of aryl methyl sites for hydroxylation is 1. The summed E-state index contributed by atoms with van der Waals surface area (Å²) in [6, 6.07) is 7.75. The minimum atomic E-state index is 0.568. The predicted octanol–water partition coefficient (Wildman–Crippen LogP) is 4.20. The van der Waals surface area contributed by atoms with E-state index in [1.165, 1.54) is 62.5 Å². The fourth-order valence-electron chi connectivity index (χ4n) is 4.12. The van der Waals surface area contributed by atoms with Crippen molar-refractivity contribution in [1.29, 1.82) is 0 Å². The van der Waals surface area contributed by atoms with Crippen LogP contribution < -0.4 is 11.1 Å². The molecule has 0 aromatic heterocycles. The first-order valence-electron chi connectivity index (χ1n) is 8.40. The van der Waals surface area contributed by atoms with Crippen LogP contribution in [0.3, 0.4) is 0 Å². The molecule has 0 spiro atoms. The third-order valence-electron chi connectivity index (χ3n) is 5.23. The smallest absolute Gasteiger partial charge is 0.0328 e. The van der Waals surface area contributed by atoms with Crippen molar-refractivity contribution in [1.82, 2.24) is 5.32 Å². The maximum Gasteiger partial charge on any atom is 0.0328 e. The zero-order valence-corrected chi connectivity index (χ0v) is 12.7. The lowest BCUT2D eigenvalue weighted by Crippen LogP contribution is -2.35. The van der Waals surface area contributed by atoms with E-state index in [1.807, 2.05) is 0 Å². The Labute approximate surface area is 123 Å². The zero-order valence-electron chi connectivity index (χ0n) is 12.7. The lowest BCUT2D eigenvalue weighted by atomic mass is 9.83. The minimum absolute atomic E-state index is 0.568. The van der Waals surface area contributed by atoms with Gasteiger partial charge < -0.3 is 11.1 Å². The Bertz CT molecular complexity index is 447. The molecule has 0 radical (unpaired) electrons. The first-order chi connectivity index (χ1) is 9.76. The highest BCUT2D eigenvalue weighted by molar-refractivity contribution is 5.47. The normalized spacial score (nSPS) is 29.4. The molecule has 3 rings (SSSR count). The first kappa shape index (κ1) is 13.9. The van der Waals surface area contributed by atoms with Gasteiger partial charge in [-0.15, -0.1) is 0 Å².